The standard InChI is InChI=1S/C14H17N3O/c1-2-6-13(7-3-1)17-9-8-15-14(17)16-12-5-4-10-18-11-12/h1-3,6-9,12H,4-5,10-11H2,(H,15,16). The third-order valence-electron chi connectivity index (χ3n) is 3.17. The van der Waals surface area contributed by atoms with E-state index in [2.05, 4.69) is 27.0 Å². The highest BCUT2D eigenvalue weighted by atomic mass is 16.5. The van der Waals surface area contributed by atoms with Crippen molar-refractivity contribution in [2.45, 2.75) is 18.9 Å². The van der Waals surface area contributed by atoms with Crippen molar-refractivity contribution < 1.29 is 4.74 Å². The van der Waals surface area contributed by atoms with Crippen LogP contribution in [0.5, 0.6) is 0 Å². The van der Waals surface area contributed by atoms with Gasteiger partial charge in [0.2, 0.25) is 5.95 Å². The van der Waals surface area contributed by atoms with Crippen LogP contribution in [0.15, 0.2) is 42.7 Å². The summed E-state index contributed by atoms with van der Waals surface area (Å²) in [5.41, 5.74) is 1.12. The predicted octanol–water partition coefficient (Wildman–Crippen LogP) is 2.46. The van der Waals surface area contributed by atoms with Gasteiger partial charge in [0.15, 0.2) is 0 Å². The van der Waals surface area contributed by atoms with Crippen molar-refractivity contribution in [1.82, 2.24) is 9.55 Å². The van der Waals surface area contributed by atoms with Crippen molar-refractivity contribution in [2.75, 3.05) is 18.5 Å². The third kappa shape index (κ3) is 2.38. The highest BCUT2D eigenvalue weighted by Crippen LogP contribution is 2.17. The molecule has 1 fully saturated rings. The lowest BCUT2D eigenvalue weighted by Gasteiger charge is -2.23. The molecule has 94 valence electrons. The van der Waals surface area contributed by atoms with E-state index in [9.17, 15) is 0 Å². The molecule has 0 saturated carbocycles. The quantitative estimate of drug-likeness (QED) is 0.900. The third-order valence-corrected chi connectivity index (χ3v) is 3.17. The molecule has 1 atom stereocenters. The Morgan fingerprint density at radius 1 is 1.28 bits per heavy atom. The largest absolute Gasteiger partial charge is 0.379 e. The normalized spacial score (nSPS) is 19.7. The van der Waals surface area contributed by atoms with Crippen LogP contribution in [0.25, 0.3) is 5.69 Å². The minimum Gasteiger partial charge on any atom is -0.379 e. The summed E-state index contributed by atoms with van der Waals surface area (Å²) in [6, 6.07) is 10.6. The smallest absolute Gasteiger partial charge is 0.207 e. The van der Waals surface area contributed by atoms with Crippen LogP contribution in [0.2, 0.25) is 0 Å². The van der Waals surface area contributed by atoms with E-state index in [1.54, 1.807) is 0 Å². The van der Waals surface area contributed by atoms with Crippen molar-refractivity contribution in [2.24, 2.45) is 0 Å². The minimum absolute atomic E-state index is 0.364. The van der Waals surface area contributed by atoms with E-state index < -0.39 is 0 Å². The van der Waals surface area contributed by atoms with E-state index in [4.69, 9.17) is 4.74 Å². The zero-order valence-corrected chi connectivity index (χ0v) is 10.2. The molecule has 18 heavy (non-hydrogen) atoms. The first kappa shape index (κ1) is 11.3. The Kier molecular flexibility index (Phi) is 3.28. The van der Waals surface area contributed by atoms with Crippen LogP contribution in [-0.2, 0) is 4.74 Å². The fraction of sp³-hybridized carbons (Fsp3) is 0.357. The van der Waals surface area contributed by atoms with Crippen LogP contribution in [-0.4, -0.2) is 28.8 Å². The van der Waals surface area contributed by atoms with Gasteiger partial charge in [-0.1, -0.05) is 18.2 Å². The number of para-hydroxylation sites is 1. The van der Waals surface area contributed by atoms with Crippen LogP contribution in [0.4, 0.5) is 5.95 Å². The Balaban J connectivity index is 1.79. The van der Waals surface area contributed by atoms with Gasteiger partial charge in [0, 0.05) is 24.7 Å². The van der Waals surface area contributed by atoms with Gasteiger partial charge in [0.1, 0.15) is 0 Å². The maximum absolute atomic E-state index is 5.48. The Morgan fingerprint density at radius 2 is 2.17 bits per heavy atom. The summed E-state index contributed by atoms with van der Waals surface area (Å²) < 4.78 is 7.54. The first-order valence-corrected chi connectivity index (χ1v) is 6.36. The molecule has 1 saturated heterocycles. The first-order chi connectivity index (χ1) is 8.93. The minimum atomic E-state index is 0.364. The molecule has 2 heterocycles. The molecule has 0 spiro atoms. The van der Waals surface area contributed by atoms with Gasteiger partial charge < -0.3 is 10.1 Å². The molecular formula is C14H17N3O. The zero-order chi connectivity index (χ0) is 12.2. The number of rotatable bonds is 3. The number of hydrogen-bond donors (Lipinski definition) is 1. The summed E-state index contributed by atoms with van der Waals surface area (Å²) in [7, 11) is 0. The Morgan fingerprint density at radius 3 is 2.94 bits per heavy atom. The number of ether oxygens (including phenoxy) is 1. The number of anilines is 1. The lowest BCUT2D eigenvalue weighted by atomic mass is 10.1. The maximum Gasteiger partial charge on any atom is 0.207 e. The van der Waals surface area contributed by atoms with Crippen molar-refractivity contribution >= 4 is 5.95 Å². The average molecular weight is 243 g/mol. The molecule has 1 aliphatic heterocycles. The molecule has 1 aromatic heterocycles. The fourth-order valence-corrected chi connectivity index (χ4v) is 2.24. The molecule has 0 bridgehead atoms. The Bertz CT molecular complexity index is 489. The fourth-order valence-electron chi connectivity index (χ4n) is 2.24. The van der Waals surface area contributed by atoms with Crippen LogP contribution in [0.3, 0.4) is 0 Å². The topological polar surface area (TPSA) is 39.1 Å². The van der Waals surface area contributed by atoms with E-state index in [0.717, 1.165) is 37.7 Å². The SMILES string of the molecule is c1ccc(-n2ccnc2NC2CCCOC2)cc1. The van der Waals surface area contributed by atoms with E-state index in [1.165, 1.54) is 0 Å². The van der Waals surface area contributed by atoms with Gasteiger partial charge in [-0.25, -0.2) is 4.98 Å². The van der Waals surface area contributed by atoms with Gasteiger partial charge in [-0.3, -0.25) is 4.57 Å². The molecule has 4 heteroatoms. The van der Waals surface area contributed by atoms with E-state index in [-0.39, 0.29) is 0 Å². The molecule has 1 N–H and O–H groups in total. The van der Waals surface area contributed by atoms with Gasteiger partial charge in [-0.2, -0.15) is 0 Å². The van der Waals surface area contributed by atoms with Crippen LogP contribution < -0.4 is 5.32 Å². The summed E-state index contributed by atoms with van der Waals surface area (Å²) in [5, 5.41) is 3.45. The summed E-state index contributed by atoms with van der Waals surface area (Å²) in [4.78, 5) is 4.38. The Hall–Kier alpha value is -1.81. The lowest BCUT2D eigenvalue weighted by molar-refractivity contribution is 0.0873. The van der Waals surface area contributed by atoms with Gasteiger partial charge in [-0.15, -0.1) is 0 Å². The van der Waals surface area contributed by atoms with Crippen molar-refractivity contribution in [1.29, 1.82) is 0 Å². The maximum atomic E-state index is 5.48. The van der Waals surface area contributed by atoms with E-state index >= 15 is 0 Å². The number of hydrogen-bond acceptors (Lipinski definition) is 3. The lowest BCUT2D eigenvalue weighted by Crippen LogP contribution is -2.31. The predicted molar refractivity (Wildman–Crippen MR) is 71.0 cm³/mol. The van der Waals surface area contributed by atoms with Crippen LogP contribution >= 0.6 is 0 Å². The first-order valence-electron chi connectivity index (χ1n) is 6.36. The van der Waals surface area contributed by atoms with Crippen molar-refractivity contribution in [3.8, 4) is 5.69 Å². The van der Waals surface area contributed by atoms with Crippen molar-refractivity contribution in [3.63, 3.8) is 0 Å². The van der Waals surface area contributed by atoms with Gasteiger partial charge in [0.25, 0.3) is 0 Å². The number of nitrogens with zero attached hydrogens (tertiary/aromatic N) is 2. The number of nitrogens with one attached hydrogen (secondary N) is 1. The highest BCUT2D eigenvalue weighted by Gasteiger charge is 2.15. The number of aromatic nitrogens is 2. The van der Waals surface area contributed by atoms with E-state index in [1.807, 2.05) is 30.6 Å². The summed E-state index contributed by atoms with van der Waals surface area (Å²) in [6.07, 6.45) is 6.05. The van der Waals surface area contributed by atoms with E-state index in [0.29, 0.717) is 6.04 Å². The molecule has 1 aliphatic rings. The molecule has 1 aromatic carbocycles. The van der Waals surface area contributed by atoms with Crippen LogP contribution in [0, 0.1) is 0 Å². The second kappa shape index (κ2) is 5.23. The van der Waals surface area contributed by atoms with Gasteiger partial charge in [-0.05, 0) is 25.0 Å². The second-order valence-electron chi connectivity index (χ2n) is 4.51. The van der Waals surface area contributed by atoms with Crippen LogP contribution in [0.1, 0.15) is 12.8 Å². The molecule has 3 rings (SSSR count). The monoisotopic (exact) mass is 243 g/mol. The molecular weight excluding hydrogens is 226 g/mol. The molecule has 1 unspecified atom stereocenters. The number of imidazole rings is 1. The molecule has 4 nitrogen and oxygen atoms in total. The summed E-state index contributed by atoms with van der Waals surface area (Å²) in [5.74, 6) is 0.886. The molecule has 0 radical (unpaired) electrons. The number of benzene rings is 1. The highest BCUT2D eigenvalue weighted by molar-refractivity contribution is 5.42. The summed E-state index contributed by atoms with van der Waals surface area (Å²) in [6.45, 7) is 1.65. The molecule has 0 amide bonds. The molecule has 2 aromatic rings. The summed E-state index contributed by atoms with van der Waals surface area (Å²) >= 11 is 0. The zero-order valence-electron chi connectivity index (χ0n) is 10.2. The molecule has 0 aliphatic carbocycles. The van der Waals surface area contributed by atoms with Gasteiger partial charge >= 0.3 is 0 Å². The van der Waals surface area contributed by atoms with Gasteiger partial charge in [0.05, 0.1) is 12.6 Å². The van der Waals surface area contributed by atoms with Crippen molar-refractivity contribution in [3.05, 3.63) is 42.7 Å². The Labute approximate surface area is 107 Å². The second-order valence-corrected chi connectivity index (χ2v) is 4.51. The average Bonchev–Trinajstić information content (AvgIpc) is 2.89.